The molecule has 1 N–H and O–H groups in total. The Kier molecular flexibility index (Phi) is 2.87. The molecule has 0 spiro atoms. The van der Waals surface area contributed by atoms with Crippen molar-refractivity contribution in [3.63, 3.8) is 0 Å². The van der Waals surface area contributed by atoms with Gasteiger partial charge in [0.15, 0.2) is 0 Å². The molecular formula is C14H18N2O2. The first-order valence-electron chi connectivity index (χ1n) is 6.91. The largest absolute Gasteiger partial charge is 0.445 e. The van der Waals surface area contributed by atoms with E-state index in [4.69, 9.17) is 6.15 Å². The summed E-state index contributed by atoms with van der Waals surface area (Å²) in [7, 11) is 0. The van der Waals surface area contributed by atoms with E-state index in [9.17, 15) is 4.79 Å². The molecule has 1 aromatic carbocycles. The highest BCUT2D eigenvalue weighted by Gasteiger charge is 2.40. The first-order chi connectivity index (χ1) is 9.24. The van der Waals surface area contributed by atoms with Crippen molar-refractivity contribution in [2.24, 2.45) is 0 Å². The molecule has 2 atom stereocenters. The van der Waals surface area contributed by atoms with Crippen LogP contribution < -0.4 is 5.31 Å². The Balaban J connectivity index is 1.59. The minimum absolute atomic E-state index is 0.152. The maximum atomic E-state index is 12.2. The first-order valence-corrected chi connectivity index (χ1v) is 6.47. The first kappa shape index (κ1) is 10.4. The van der Waals surface area contributed by atoms with E-state index in [2.05, 4.69) is 0 Å². The molecule has 4 heteroatoms. The maximum absolute atomic E-state index is 12.2. The van der Waals surface area contributed by atoms with Crippen molar-refractivity contribution in [1.82, 2.24) is 10.2 Å². The summed E-state index contributed by atoms with van der Waals surface area (Å²) in [5.41, 5.74) is 1.00. The van der Waals surface area contributed by atoms with Crippen LogP contribution in [0.2, 0.25) is 1.41 Å². The molecule has 0 saturated carbocycles. The molecule has 96 valence electrons. The lowest BCUT2D eigenvalue weighted by Crippen LogP contribution is -2.54. The second-order valence-corrected chi connectivity index (χ2v) is 4.92. The van der Waals surface area contributed by atoms with Gasteiger partial charge in [0, 0.05) is 25.2 Å². The van der Waals surface area contributed by atoms with E-state index in [-0.39, 0.29) is 18.2 Å². The number of nitrogens with one attached hydrogen (secondary N) is 1. The quantitative estimate of drug-likeness (QED) is 0.866. The Hall–Kier alpha value is -1.55. The second-order valence-electron chi connectivity index (χ2n) is 4.92. The van der Waals surface area contributed by atoms with Gasteiger partial charge in [0.05, 0.1) is 0 Å². The average molecular weight is 247 g/mol. The SMILES string of the molecule is [2H]N1CC2CCC(C1)N2C(=O)OCc1ccccc1. The number of hydrogen-bond acceptors (Lipinski definition) is 3. The second kappa shape index (κ2) is 4.98. The Morgan fingerprint density at radius 2 is 2.00 bits per heavy atom. The van der Waals surface area contributed by atoms with Crippen molar-refractivity contribution in [1.29, 1.82) is 0 Å². The molecule has 2 aliphatic rings. The number of rotatable bonds is 2. The predicted octanol–water partition coefficient (Wildman–Crippen LogP) is 1.76. The monoisotopic (exact) mass is 247 g/mol. The summed E-state index contributed by atoms with van der Waals surface area (Å²) in [5.74, 6) is 0. The summed E-state index contributed by atoms with van der Waals surface area (Å²) in [6, 6.07) is 10.0. The maximum Gasteiger partial charge on any atom is 0.410 e. The standard InChI is InChI=1S/C14H18N2O2/c17-14(18-10-11-4-2-1-3-5-11)16-12-6-7-13(16)9-15-8-12/h1-5,12-13,15H,6-10H2/i/hD. The van der Waals surface area contributed by atoms with Crippen LogP contribution in [0.3, 0.4) is 0 Å². The topological polar surface area (TPSA) is 41.6 Å². The Morgan fingerprint density at radius 1 is 1.33 bits per heavy atom. The van der Waals surface area contributed by atoms with Crippen LogP contribution in [0.1, 0.15) is 18.4 Å². The van der Waals surface area contributed by atoms with E-state index < -0.39 is 0 Å². The molecule has 2 heterocycles. The van der Waals surface area contributed by atoms with Crippen molar-refractivity contribution in [3.05, 3.63) is 35.9 Å². The zero-order valence-electron chi connectivity index (χ0n) is 11.3. The highest BCUT2D eigenvalue weighted by molar-refractivity contribution is 5.69. The highest BCUT2D eigenvalue weighted by atomic mass is 16.6. The molecule has 4 nitrogen and oxygen atoms in total. The number of carbonyl (C=O) groups is 1. The molecule has 2 fully saturated rings. The van der Waals surface area contributed by atoms with Crippen molar-refractivity contribution in [3.8, 4) is 0 Å². The van der Waals surface area contributed by atoms with Gasteiger partial charge in [-0.25, -0.2) is 4.79 Å². The predicted molar refractivity (Wildman–Crippen MR) is 68.1 cm³/mol. The molecule has 1 amide bonds. The van der Waals surface area contributed by atoms with Crippen molar-refractivity contribution in [2.75, 3.05) is 13.1 Å². The summed E-state index contributed by atoms with van der Waals surface area (Å²) in [6.45, 7) is 1.59. The van der Waals surface area contributed by atoms with Gasteiger partial charge in [-0.2, -0.15) is 0 Å². The number of benzene rings is 1. The molecule has 3 rings (SSSR count). The van der Waals surface area contributed by atoms with Crippen molar-refractivity contribution >= 4 is 6.09 Å². The van der Waals surface area contributed by atoms with Gasteiger partial charge in [-0.15, -0.1) is 0 Å². The zero-order chi connectivity index (χ0) is 13.2. The van der Waals surface area contributed by atoms with E-state index in [1.54, 1.807) is 5.31 Å². The van der Waals surface area contributed by atoms with Gasteiger partial charge in [-0.1, -0.05) is 30.3 Å². The average Bonchev–Trinajstić information content (AvgIpc) is 2.70. The minimum atomic E-state index is -0.232. The fourth-order valence-electron chi connectivity index (χ4n) is 2.78. The number of hydrogen-bond donors (Lipinski definition) is 1. The number of piperazine rings is 1. The van der Waals surface area contributed by atoms with Gasteiger partial charge in [0.25, 0.3) is 0 Å². The summed E-state index contributed by atoms with van der Waals surface area (Å²) in [6.07, 6.45) is 1.74. The van der Waals surface area contributed by atoms with Crippen molar-refractivity contribution in [2.45, 2.75) is 31.5 Å². The molecule has 2 bridgehead atoms. The van der Waals surface area contributed by atoms with E-state index in [1.807, 2.05) is 35.2 Å². The van der Waals surface area contributed by atoms with E-state index >= 15 is 0 Å². The zero-order valence-corrected chi connectivity index (χ0v) is 10.3. The summed E-state index contributed by atoms with van der Waals surface area (Å²) in [4.78, 5) is 14.0. The molecule has 0 aromatic heterocycles. The van der Waals surface area contributed by atoms with Crippen LogP contribution in [0.25, 0.3) is 0 Å². The summed E-state index contributed by atoms with van der Waals surface area (Å²) < 4.78 is 13.1. The normalized spacial score (nSPS) is 28.0. The lowest BCUT2D eigenvalue weighted by molar-refractivity contribution is 0.0693. The van der Waals surface area contributed by atoms with Gasteiger partial charge in [-0.3, -0.25) is 4.90 Å². The van der Waals surface area contributed by atoms with Gasteiger partial charge in [0.2, 0.25) is 0 Å². The third-order valence-electron chi connectivity index (χ3n) is 3.72. The fraction of sp³-hybridized carbons (Fsp3) is 0.500. The summed E-state index contributed by atoms with van der Waals surface area (Å²) >= 11 is 0. The Morgan fingerprint density at radius 3 is 2.67 bits per heavy atom. The minimum Gasteiger partial charge on any atom is -0.445 e. The molecule has 2 unspecified atom stereocenters. The molecule has 2 aliphatic heterocycles. The fourth-order valence-corrected chi connectivity index (χ4v) is 2.78. The van der Waals surface area contributed by atoms with Gasteiger partial charge in [0.1, 0.15) is 8.02 Å². The van der Waals surface area contributed by atoms with Gasteiger partial charge < -0.3 is 10.0 Å². The van der Waals surface area contributed by atoms with Crippen LogP contribution in [-0.4, -0.2) is 36.2 Å². The molecule has 2 saturated heterocycles. The smallest absolute Gasteiger partial charge is 0.410 e. The number of amides is 1. The number of nitrogens with zero attached hydrogens (tertiary/aromatic N) is 1. The molecule has 0 aliphatic carbocycles. The van der Waals surface area contributed by atoms with Crippen LogP contribution in [0, 0.1) is 0 Å². The third-order valence-corrected chi connectivity index (χ3v) is 3.72. The summed E-state index contributed by atoms with van der Waals surface area (Å²) in [5, 5.41) is 1.56. The van der Waals surface area contributed by atoms with E-state index in [0.717, 1.165) is 18.4 Å². The Labute approximate surface area is 108 Å². The molecule has 1 aromatic rings. The lowest BCUT2D eigenvalue weighted by atomic mass is 10.2. The van der Waals surface area contributed by atoms with Crippen molar-refractivity contribution < 1.29 is 10.9 Å². The molecule has 0 radical (unpaired) electrons. The van der Waals surface area contributed by atoms with Crippen LogP contribution in [0.4, 0.5) is 4.79 Å². The lowest BCUT2D eigenvalue weighted by Gasteiger charge is -2.34. The van der Waals surface area contributed by atoms with Gasteiger partial charge >= 0.3 is 6.09 Å². The van der Waals surface area contributed by atoms with E-state index in [0.29, 0.717) is 19.7 Å². The number of ether oxygens (including phenoxy) is 1. The van der Waals surface area contributed by atoms with Crippen LogP contribution in [-0.2, 0) is 11.3 Å². The van der Waals surface area contributed by atoms with Gasteiger partial charge in [-0.05, 0) is 18.4 Å². The number of carbonyl (C=O) groups excluding carboxylic acids is 1. The van der Waals surface area contributed by atoms with E-state index in [1.165, 1.54) is 0 Å². The number of fused-ring (bicyclic) bond motifs is 2. The highest BCUT2D eigenvalue weighted by Crippen LogP contribution is 2.27. The van der Waals surface area contributed by atoms with Crippen LogP contribution in [0.15, 0.2) is 30.3 Å². The van der Waals surface area contributed by atoms with Crippen LogP contribution >= 0.6 is 0 Å². The molecule has 18 heavy (non-hydrogen) atoms. The Bertz CT molecular complexity index is 440. The van der Waals surface area contributed by atoms with Crippen LogP contribution in [0.5, 0.6) is 0 Å². The molecular weight excluding hydrogens is 228 g/mol. The third kappa shape index (κ3) is 2.20.